The van der Waals surface area contributed by atoms with E-state index < -0.39 is 9.96 Å². The van der Waals surface area contributed by atoms with E-state index in [0.29, 0.717) is 6.42 Å². The van der Waals surface area contributed by atoms with Crippen molar-refractivity contribution in [2.75, 3.05) is 5.32 Å². The second kappa shape index (κ2) is 20.2. The van der Waals surface area contributed by atoms with Crippen LogP contribution in [-0.4, -0.2) is 21.0 Å². The minimum absolute atomic E-state index is 0.160. The third-order valence-corrected chi connectivity index (χ3v) is 7.07. The van der Waals surface area contributed by atoms with Gasteiger partial charge in [-0.3, -0.25) is 4.79 Å². The van der Waals surface area contributed by atoms with Gasteiger partial charge in [-0.25, -0.2) is 0 Å². The number of thiocarbonyl (C=S) groups is 1. The smallest absolute Gasteiger partial charge is 0.228 e. The second-order valence-corrected chi connectivity index (χ2v) is 12.5. The number of alkyl halides is 3. The van der Waals surface area contributed by atoms with Crippen LogP contribution in [-0.2, 0) is 4.79 Å². The number of hydrogen-bond donors (Lipinski definition) is 3. The maximum absolute atomic E-state index is 12.4. The third-order valence-electron chi connectivity index (χ3n) is 6.19. The fourth-order valence-corrected chi connectivity index (χ4v) is 4.67. The molecule has 8 heteroatoms. The molecule has 1 rings (SSSR count). The lowest BCUT2D eigenvalue weighted by Crippen LogP contribution is -2.56. The first-order valence-corrected chi connectivity index (χ1v) is 15.3. The van der Waals surface area contributed by atoms with Gasteiger partial charge in [0.1, 0.15) is 6.17 Å². The SMILES string of the molecule is CCCCCCCCCCCCCCCCCC(=O)NC(NC(=S)Nc1cccc(C)c1)C(Cl)(Cl)Cl. The van der Waals surface area contributed by atoms with E-state index in [2.05, 4.69) is 22.9 Å². The summed E-state index contributed by atoms with van der Waals surface area (Å²) < 4.78 is -1.75. The van der Waals surface area contributed by atoms with Crippen LogP contribution in [0.15, 0.2) is 24.3 Å². The highest BCUT2D eigenvalue weighted by Gasteiger charge is 2.34. The molecule has 0 heterocycles. The molecule has 4 nitrogen and oxygen atoms in total. The van der Waals surface area contributed by atoms with Crippen molar-refractivity contribution in [2.24, 2.45) is 0 Å². The Hall–Kier alpha value is -0.750. The lowest BCUT2D eigenvalue weighted by Gasteiger charge is -2.27. The Morgan fingerprint density at radius 1 is 0.833 bits per heavy atom. The van der Waals surface area contributed by atoms with E-state index in [-0.39, 0.29) is 11.0 Å². The van der Waals surface area contributed by atoms with Gasteiger partial charge in [0, 0.05) is 12.1 Å². The fraction of sp³-hybridized carbons (Fsp3) is 0.714. The Morgan fingerprint density at radius 2 is 1.33 bits per heavy atom. The number of rotatable bonds is 19. The highest BCUT2D eigenvalue weighted by molar-refractivity contribution is 7.80. The lowest BCUT2D eigenvalue weighted by molar-refractivity contribution is -0.122. The Bertz CT molecular complexity index is 743. The monoisotopic (exact) mass is 577 g/mol. The molecule has 1 amide bonds. The largest absolute Gasteiger partial charge is 0.339 e. The highest BCUT2D eigenvalue weighted by Crippen LogP contribution is 2.29. The molecule has 1 aromatic rings. The zero-order valence-electron chi connectivity index (χ0n) is 22.2. The minimum Gasteiger partial charge on any atom is -0.339 e. The second-order valence-electron chi connectivity index (χ2n) is 9.71. The molecule has 0 saturated carbocycles. The van der Waals surface area contributed by atoms with Crippen molar-refractivity contribution in [3.8, 4) is 0 Å². The molecular formula is C28H46Cl3N3OS. The lowest BCUT2D eigenvalue weighted by atomic mass is 10.0. The molecule has 206 valence electrons. The van der Waals surface area contributed by atoms with Crippen LogP contribution in [0.3, 0.4) is 0 Å². The Morgan fingerprint density at radius 3 is 1.81 bits per heavy atom. The van der Waals surface area contributed by atoms with Crippen molar-refractivity contribution in [1.29, 1.82) is 0 Å². The van der Waals surface area contributed by atoms with E-state index in [1.807, 2.05) is 31.2 Å². The zero-order valence-corrected chi connectivity index (χ0v) is 25.2. The van der Waals surface area contributed by atoms with Crippen LogP contribution in [0.1, 0.15) is 115 Å². The number of anilines is 1. The molecular weight excluding hydrogens is 533 g/mol. The Balaban J connectivity index is 2.12. The molecule has 0 saturated heterocycles. The summed E-state index contributed by atoms with van der Waals surface area (Å²) in [5.41, 5.74) is 1.91. The van der Waals surface area contributed by atoms with E-state index in [1.54, 1.807) is 0 Å². The summed E-state index contributed by atoms with van der Waals surface area (Å²) in [6, 6.07) is 7.75. The van der Waals surface area contributed by atoms with Crippen LogP contribution >= 0.6 is 47.0 Å². The first-order valence-electron chi connectivity index (χ1n) is 13.7. The average Bonchev–Trinajstić information content (AvgIpc) is 2.80. The summed E-state index contributed by atoms with van der Waals surface area (Å²) in [6.45, 7) is 4.26. The third kappa shape index (κ3) is 17.7. The Labute approximate surface area is 240 Å². The van der Waals surface area contributed by atoms with Crippen molar-refractivity contribution in [2.45, 2.75) is 127 Å². The van der Waals surface area contributed by atoms with E-state index in [0.717, 1.165) is 30.5 Å². The predicted octanol–water partition coefficient (Wildman–Crippen LogP) is 9.36. The van der Waals surface area contributed by atoms with E-state index >= 15 is 0 Å². The van der Waals surface area contributed by atoms with E-state index in [1.165, 1.54) is 77.0 Å². The fourth-order valence-electron chi connectivity index (χ4n) is 4.11. The molecule has 0 aromatic heterocycles. The topological polar surface area (TPSA) is 53.2 Å². The van der Waals surface area contributed by atoms with Crippen LogP contribution in [0.2, 0.25) is 0 Å². The summed E-state index contributed by atoms with van der Waals surface area (Å²) >= 11 is 23.6. The van der Waals surface area contributed by atoms with Gasteiger partial charge >= 0.3 is 0 Å². The van der Waals surface area contributed by atoms with E-state index in [9.17, 15) is 4.79 Å². The number of aryl methyl sites for hydroxylation is 1. The first-order chi connectivity index (χ1) is 17.2. The number of amides is 1. The van der Waals surface area contributed by atoms with Gasteiger partial charge in [-0.05, 0) is 43.3 Å². The quantitative estimate of drug-likeness (QED) is 0.0662. The van der Waals surface area contributed by atoms with Gasteiger partial charge in [-0.15, -0.1) is 0 Å². The molecule has 0 spiro atoms. The molecule has 0 aliphatic carbocycles. The molecule has 1 unspecified atom stereocenters. The van der Waals surface area contributed by atoms with Gasteiger partial charge in [0.05, 0.1) is 0 Å². The van der Waals surface area contributed by atoms with Gasteiger partial charge in [-0.1, -0.05) is 144 Å². The van der Waals surface area contributed by atoms with Crippen LogP contribution < -0.4 is 16.0 Å². The van der Waals surface area contributed by atoms with E-state index in [4.69, 9.17) is 47.0 Å². The molecule has 3 N–H and O–H groups in total. The number of carbonyl (C=O) groups excluding carboxylic acids is 1. The van der Waals surface area contributed by atoms with Crippen molar-refractivity contribution >= 4 is 63.7 Å². The summed E-state index contributed by atoms with van der Waals surface area (Å²) in [4.78, 5) is 12.4. The molecule has 36 heavy (non-hydrogen) atoms. The maximum Gasteiger partial charge on any atom is 0.228 e. The maximum atomic E-state index is 12.4. The normalized spacial score (nSPS) is 12.2. The van der Waals surface area contributed by atoms with Gasteiger partial charge < -0.3 is 16.0 Å². The first kappa shape index (κ1) is 33.3. The van der Waals surface area contributed by atoms with Crippen molar-refractivity contribution in [3.63, 3.8) is 0 Å². The zero-order chi connectivity index (χ0) is 26.7. The number of halogens is 3. The molecule has 0 bridgehead atoms. The van der Waals surface area contributed by atoms with Crippen LogP contribution in [0, 0.1) is 6.92 Å². The van der Waals surface area contributed by atoms with Gasteiger partial charge in [0.15, 0.2) is 5.11 Å². The summed E-state index contributed by atoms with van der Waals surface area (Å²) in [5, 5.41) is 8.98. The number of nitrogens with one attached hydrogen (secondary N) is 3. The Kier molecular flexibility index (Phi) is 18.7. The molecule has 0 aliphatic heterocycles. The number of benzene rings is 1. The molecule has 0 aliphatic rings. The molecule has 1 aromatic carbocycles. The summed E-state index contributed by atoms with van der Waals surface area (Å²) in [7, 11) is 0. The molecule has 1 atom stereocenters. The number of unbranched alkanes of at least 4 members (excludes halogenated alkanes) is 14. The average molecular weight is 579 g/mol. The number of carbonyl (C=O) groups is 1. The van der Waals surface area contributed by atoms with Gasteiger partial charge in [0.25, 0.3) is 0 Å². The van der Waals surface area contributed by atoms with Crippen LogP contribution in [0.4, 0.5) is 5.69 Å². The van der Waals surface area contributed by atoms with Gasteiger partial charge in [0.2, 0.25) is 9.70 Å². The summed E-state index contributed by atoms with van der Waals surface area (Å²) in [6.07, 6.45) is 18.8. The predicted molar refractivity (Wildman–Crippen MR) is 162 cm³/mol. The van der Waals surface area contributed by atoms with Crippen LogP contribution in [0.25, 0.3) is 0 Å². The molecule has 0 fully saturated rings. The highest BCUT2D eigenvalue weighted by atomic mass is 35.6. The number of hydrogen-bond acceptors (Lipinski definition) is 2. The minimum atomic E-state index is -1.75. The molecule has 0 radical (unpaired) electrons. The van der Waals surface area contributed by atoms with Gasteiger partial charge in [-0.2, -0.15) is 0 Å². The van der Waals surface area contributed by atoms with Crippen molar-refractivity contribution in [3.05, 3.63) is 29.8 Å². The summed E-state index contributed by atoms with van der Waals surface area (Å²) in [5.74, 6) is -0.160. The standard InChI is InChI=1S/C28H46Cl3N3OS/c1-3-4-5-6-7-8-9-10-11-12-13-14-15-16-17-21-25(35)33-26(28(29,30)31)34-27(36)32-24-20-18-19-23(2)22-24/h18-20,22,26H,3-17,21H2,1-2H3,(H,33,35)(H2,32,34,36). The van der Waals surface area contributed by atoms with Crippen molar-refractivity contribution in [1.82, 2.24) is 10.6 Å². The van der Waals surface area contributed by atoms with Crippen LogP contribution in [0.5, 0.6) is 0 Å². The van der Waals surface area contributed by atoms with Crippen molar-refractivity contribution < 1.29 is 4.79 Å².